The molecule has 1 aromatic carbocycles. The number of carbonyl (C=O) groups excluding carboxylic acids is 1. The Hall–Kier alpha value is -1.68. The standard InChI is InChI=1S/C16H19NO2S/c1-13-8-9-14(19-13)12-17(2)16(18)10-11-20-15-6-4-3-5-7-15/h3-9H,10-12H2,1-2H3. The minimum Gasteiger partial charge on any atom is -0.464 e. The lowest BCUT2D eigenvalue weighted by molar-refractivity contribution is -0.130. The van der Waals surface area contributed by atoms with Crippen molar-refractivity contribution in [3.63, 3.8) is 0 Å². The second-order valence-corrected chi connectivity index (χ2v) is 5.84. The van der Waals surface area contributed by atoms with Crippen LogP contribution in [-0.4, -0.2) is 23.6 Å². The highest BCUT2D eigenvalue weighted by Crippen LogP contribution is 2.18. The van der Waals surface area contributed by atoms with Crippen molar-refractivity contribution in [3.05, 3.63) is 54.0 Å². The van der Waals surface area contributed by atoms with Gasteiger partial charge in [-0.3, -0.25) is 4.79 Å². The second kappa shape index (κ2) is 7.20. The van der Waals surface area contributed by atoms with E-state index in [0.29, 0.717) is 13.0 Å². The van der Waals surface area contributed by atoms with Crippen molar-refractivity contribution < 1.29 is 9.21 Å². The first-order chi connectivity index (χ1) is 9.65. The molecule has 1 heterocycles. The van der Waals surface area contributed by atoms with Crippen LogP contribution in [0.2, 0.25) is 0 Å². The van der Waals surface area contributed by atoms with Crippen LogP contribution in [0.15, 0.2) is 51.8 Å². The molecule has 0 aliphatic heterocycles. The summed E-state index contributed by atoms with van der Waals surface area (Å²) in [6.07, 6.45) is 0.537. The molecule has 0 saturated carbocycles. The zero-order chi connectivity index (χ0) is 14.4. The molecule has 0 N–H and O–H groups in total. The van der Waals surface area contributed by atoms with Gasteiger partial charge in [0.15, 0.2) is 0 Å². The number of hydrogen-bond donors (Lipinski definition) is 0. The Labute approximate surface area is 124 Å². The highest BCUT2D eigenvalue weighted by atomic mass is 32.2. The number of rotatable bonds is 6. The summed E-state index contributed by atoms with van der Waals surface area (Å²) in [7, 11) is 1.81. The van der Waals surface area contributed by atoms with Gasteiger partial charge in [0.25, 0.3) is 0 Å². The van der Waals surface area contributed by atoms with E-state index >= 15 is 0 Å². The molecule has 2 rings (SSSR count). The Morgan fingerprint density at radius 3 is 2.60 bits per heavy atom. The molecule has 0 aliphatic rings. The van der Waals surface area contributed by atoms with Gasteiger partial charge in [-0.25, -0.2) is 0 Å². The molecule has 2 aromatic rings. The first-order valence-corrected chi connectivity index (χ1v) is 7.61. The summed E-state index contributed by atoms with van der Waals surface area (Å²) in [4.78, 5) is 14.9. The van der Waals surface area contributed by atoms with Crippen LogP contribution in [0.4, 0.5) is 0 Å². The molecule has 0 unspecified atom stereocenters. The average Bonchev–Trinajstić information content (AvgIpc) is 2.85. The molecule has 0 radical (unpaired) electrons. The number of aryl methyl sites for hydroxylation is 1. The van der Waals surface area contributed by atoms with Gasteiger partial charge >= 0.3 is 0 Å². The predicted octanol–water partition coefficient (Wildman–Crippen LogP) is 3.73. The number of benzene rings is 1. The van der Waals surface area contributed by atoms with Crippen molar-refractivity contribution in [2.24, 2.45) is 0 Å². The van der Waals surface area contributed by atoms with Crippen LogP contribution in [0.25, 0.3) is 0 Å². The van der Waals surface area contributed by atoms with E-state index in [1.54, 1.807) is 16.7 Å². The van der Waals surface area contributed by atoms with Crippen LogP contribution in [-0.2, 0) is 11.3 Å². The molecular weight excluding hydrogens is 270 g/mol. The summed E-state index contributed by atoms with van der Waals surface area (Å²) in [5, 5.41) is 0. The Balaban J connectivity index is 1.74. The molecule has 0 aliphatic carbocycles. The first kappa shape index (κ1) is 14.7. The van der Waals surface area contributed by atoms with E-state index in [1.807, 2.05) is 44.3 Å². The Morgan fingerprint density at radius 1 is 1.20 bits per heavy atom. The molecule has 3 nitrogen and oxygen atoms in total. The third-order valence-electron chi connectivity index (χ3n) is 2.94. The van der Waals surface area contributed by atoms with Crippen molar-refractivity contribution >= 4 is 17.7 Å². The SMILES string of the molecule is Cc1ccc(CN(C)C(=O)CCSc2ccccc2)o1. The number of nitrogens with zero attached hydrogens (tertiary/aromatic N) is 1. The number of amides is 1. The molecular formula is C16H19NO2S. The monoisotopic (exact) mass is 289 g/mol. The van der Waals surface area contributed by atoms with Crippen molar-refractivity contribution in [1.82, 2.24) is 4.90 Å². The zero-order valence-corrected chi connectivity index (χ0v) is 12.7. The molecule has 1 aromatic heterocycles. The zero-order valence-electron chi connectivity index (χ0n) is 11.8. The molecule has 0 bridgehead atoms. The number of furan rings is 1. The maximum atomic E-state index is 12.0. The number of thioether (sulfide) groups is 1. The predicted molar refractivity (Wildman–Crippen MR) is 81.7 cm³/mol. The van der Waals surface area contributed by atoms with Crippen molar-refractivity contribution in [2.75, 3.05) is 12.8 Å². The summed E-state index contributed by atoms with van der Waals surface area (Å²) in [6.45, 7) is 2.44. The molecule has 0 spiro atoms. The molecule has 1 amide bonds. The van der Waals surface area contributed by atoms with E-state index in [1.165, 1.54) is 4.90 Å². The van der Waals surface area contributed by atoms with Gasteiger partial charge in [-0.2, -0.15) is 0 Å². The van der Waals surface area contributed by atoms with Crippen LogP contribution in [0, 0.1) is 6.92 Å². The largest absolute Gasteiger partial charge is 0.464 e. The van der Waals surface area contributed by atoms with Crippen LogP contribution in [0.1, 0.15) is 17.9 Å². The lowest BCUT2D eigenvalue weighted by Crippen LogP contribution is -2.26. The number of carbonyl (C=O) groups is 1. The minimum atomic E-state index is 0.141. The van der Waals surface area contributed by atoms with E-state index in [4.69, 9.17) is 4.42 Å². The van der Waals surface area contributed by atoms with Crippen molar-refractivity contribution in [2.45, 2.75) is 24.8 Å². The summed E-state index contributed by atoms with van der Waals surface area (Å²) in [5.74, 6) is 2.64. The summed E-state index contributed by atoms with van der Waals surface area (Å²) in [6, 6.07) is 14.0. The van der Waals surface area contributed by atoms with E-state index in [0.717, 1.165) is 17.3 Å². The normalized spacial score (nSPS) is 10.5. The van der Waals surface area contributed by atoms with Crippen LogP contribution in [0.3, 0.4) is 0 Å². The quantitative estimate of drug-likeness (QED) is 0.760. The van der Waals surface area contributed by atoms with E-state index in [-0.39, 0.29) is 5.91 Å². The van der Waals surface area contributed by atoms with Crippen molar-refractivity contribution in [1.29, 1.82) is 0 Å². The van der Waals surface area contributed by atoms with Crippen molar-refractivity contribution in [3.8, 4) is 0 Å². The van der Waals surface area contributed by atoms with Gasteiger partial charge in [-0.05, 0) is 31.2 Å². The minimum absolute atomic E-state index is 0.141. The molecule has 0 saturated heterocycles. The van der Waals surface area contributed by atoms with Crippen LogP contribution < -0.4 is 0 Å². The first-order valence-electron chi connectivity index (χ1n) is 6.62. The van der Waals surface area contributed by atoms with Gasteiger partial charge in [-0.1, -0.05) is 18.2 Å². The van der Waals surface area contributed by atoms with Gasteiger partial charge < -0.3 is 9.32 Å². The average molecular weight is 289 g/mol. The van der Waals surface area contributed by atoms with Gasteiger partial charge in [0.1, 0.15) is 11.5 Å². The van der Waals surface area contributed by atoms with E-state index in [9.17, 15) is 4.79 Å². The second-order valence-electron chi connectivity index (χ2n) is 4.67. The Morgan fingerprint density at radius 2 is 1.95 bits per heavy atom. The third-order valence-corrected chi connectivity index (χ3v) is 3.96. The number of hydrogen-bond acceptors (Lipinski definition) is 3. The molecule has 0 atom stereocenters. The maximum Gasteiger partial charge on any atom is 0.223 e. The fourth-order valence-electron chi connectivity index (χ4n) is 1.86. The lowest BCUT2D eigenvalue weighted by atomic mass is 10.3. The lowest BCUT2D eigenvalue weighted by Gasteiger charge is -2.15. The summed E-state index contributed by atoms with van der Waals surface area (Å²) < 4.78 is 5.48. The summed E-state index contributed by atoms with van der Waals surface area (Å²) >= 11 is 1.71. The van der Waals surface area contributed by atoms with E-state index < -0.39 is 0 Å². The maximum absolute atomic E-state index is 12.0. The van der Waals surface area contributed by atoms with E-state index in [2.05, 4.69) is 12.1 Å². The van der Waals surface area contributed by atoms with Gasteiger partial charge in [-0.15, -0.1) is 11.8 Å². The molecule has 106 valence electrons. The Bertz CT molecular complexity index is 551. The van der Waals surface area contributed by atoms with Gasteiger partial charge in [0.05, 0.1) is 6.54 Å². The topological polar surface area (TPSA) is 33.5 Å². The van der Waals surface area contributed by atoms with Crippen LogP contribution in [0.5, 0.6) is 0 Å². The summed E-state index contributed by atoms with van der Waals surface area (Å²) in [5.41, 5.74) is 0. The fourth-order valence-corrected chi connectivity index (χ4v) is 2.72. The van der Waals surface area contributed by atoms with Gasteiger partial charge in [0, 0.05) is 24.1 Å². The fraction of sp³-hybridized carbons (Fsp3) is 0.312. The molecule has 20 heavy (non-hydrogen) atoms. The third kappa shape index (κ3) is 4.46. The van der Waals surface area contributed by atoms with Crippen LogP contribution >= 0.6 is 11.8 Å². The Kier molecular flexibility index (Phi) is 5.30. The molecule has 0 fully saturated rings. The van der Waals surface area contributed by atoms with Gasteiger partial charge in [0.2, 0.25) is 5.91 Å². The smallest absolute Gasteiger partial charge is 0.223 e. The highest BCUT2D eigenvalue weighted by molar-refractivity contribution is 7.99. The highest BCUT2D eigenvalue weighted by Gasteiger charge is 2.11. The molecule has 4 heteroatoms.